The molecule has 0 heterocycles. The average molecular weight is 572 g/mol. The van der Waals surface area contributed by atoms with Crippen LogP contribution in [0.1, 0.15) is 47.1 Å². The van der Waals surface area contributed by atoms with Crippen molar-refractivity contribution >= 4 is 29.1 Å². The monoisotopic (exact) mass is 570 g/mol. The van der Waals surface area contributed by atoms with E-state index in [2.05, 4.69) is 43.3 Å². The van der Waals surface area contributed by atoms with Gasteiger partial charge < -0.3 is 30.0 Å². The van der Waals surface area contributed by atoms with Gasteiger partial charge >= 0.3 is 18.3 Å². The van der Waals surface area contributed by atoms with Crippen LogP contribution in [0.25, 0.3) is 10.8 Å². The van der Waals surface area contributed by atoms with Crippen molar-refractivity contribution in [1.82, 2.24) is 14.7 Å². The topological polar surface area (TPSA) is 122 Å². The van der Waals surface area contributed by atoms with E-state index < -0.39 is 18.3 Å². The van der Waals surface area contributed by atoms with Gasteiger partial charge in [0.1, 0.15) is 0 Å². The second kappa shape index (κ2) is 22.0. The summed E-state index contributed by atoms with van der Waals surface area (Å²) in [6.07, 6.45) is -2.51. The first kappa shape index (κ1) is 37.1. The Kier molecular flexibility index (Phi) is 23.3. The van der Waals surface area contributed by atoms with Crippen LogP contribution in [0.15, 0.2) is 36.4 Å². The van der Waals surface area contributed by atoms with Crippen molar-refractivity contribution in [2.24, 2.45) is 0 Å². The molecule has 0 saturated carbocycles. The van der Waals surface area contributed by atoms with E-state index in [1.165, 1.54) is 31.0 Å². The number of hydrogen-bond donors (Lipinski definition) is 3. The van der Waals surface area contributed by atoms with Gasteiger partial charge in [-0.2, -0.15) is 6.07 Å². The summed E-state index contributed by atoms with van der Waals surface area (Å²) in [7, 11) is 0. The van der Waals surface area contributed by atoms with Gasteiger partial charge in [0.05, 0.1) is 0 Å². The summed E-state index contributed by atoms with van der Waals surface area (Å²) < 4.78 is 0. The number of rotatable bonds is 6. The molecule has 0 radical (unpaired) electrons. The maximum absolute atomic E-state index is 10.1. The molecule has 0 saturated heterocycles. The zero-order chi connectivity index (χ0) is 26.7. The zero-order valence-electron chi connectivity index (χ0n) is 22.1. The van der Waals surface area contributed by atoms with Crippen molar-refractivity contribution in [3.63, 3.8) is 0 Å². The van der Waals surface area contributed by atoms with E-state index in [9.17, 15) is 14.4 Å². The van der Waals surface area contributed by atoms with E-state index in [-0.39, 0.29) is 26.2 Å². The van der Waals surface area contributed by atoms with Gasteiger partial charge in [-0.05, 0) is 41.5 Å². The smallest absolute Gasteiger partial charge is 0.407 e. The fourth-order valence-corrected chi connectivity index (χ4v) is 2.79. The molecular formula is C25H42N3O6Zr-. The molecule has 2 rings (SSSR count). The Morgan fingerprint density at radius 2 is 1.00 bits per heavy atom. The minimum absolute atomic E-state index is 0. The van der Waals surface area contributed by atoms with Gasteiger partial charge in [-0.3, -0.25) is 0 Å². The Labute approximate surface area is 228 Å². The van der Waals surface area contributed by atoms with Crippen LogP contribution in [0.2, 0.25) is 0 Å². The summed E-state index contributed by atoms with van der Waals surface area (Å²) in [4.78, 5) is 34.3. The predicted molar refractivity (Wildman–Crippen MR) is 137 cm³/mol. The molecule has 9 nitrogen and oxygen atoms in total. The second-order valence-corrected chi connectivity index (χ2v) is 7.03. The van der Waals surface area contributed by atoms with Crippen LogP contribution in [0.3, 0.4) is 0 Å². The summed E-state index contributed by atoms with van der Waals surface area (Å²) in [6, 6.07) is 12.8. The first-order chi connectivity index (χ1) is 16.0. The van der Waals surface area contributed by atoms with Crippen molar-refractivity contribution in [3.05, 3.63) is 42.0 Å². The molecule has 3 amide bonds. The largest absolute Gasteiger partial charge is 0.465 e. The summed E-state index contributed by atoms with van der Waals surface area (Å²) >= 11 is 0. The zero-order valence-corrected chi connectivity index (χ0v) is 24.6. The van der Waals surface area contributed by atoms with Gasteiger partial charge in [-0.1, -0.05) is 13.0 Å². The number of amides is 3. The maximum Gasteiger partial charge on any atom is 0.407 e. The molecular weight excluding hydrogens is 530 g/mol. The van der Waals surface area contributed by atoms with Gasteiger partial charge in [0.15, 0.2) is 0 Å². The number of benzene rings is 1. The number of hydrogen-bond acceptors (Lipinski definition) is 3. The molecule has 0 spiro atoms. The molecule has 2 aromatic carbocycles. The van der Waals surface area contributed by atoms with E-state index >= 15 is 0 Å². The number of nitrogens with zero attached hydrogens (tertiary/aromatic N) is 3. The first-order valence-electron chi connectivity index (χ1n) is 11.6. The van der Waals surface area contributed by atoms with Crippen LogP contribution < -0.4 is 0 Å². The Morgan fingerprint density at radius 1 is 0.686 bits per heavy atom. The fraction of sp³-hybridized carbons (Fsp3) is 0.520. The van der Waals surface area contributed by atoms with Gasteiger partial charge in [-0.15, -0.1) is 40.6 Å². The Bertz CT molecular complexity index is 746. The predicted octanol–water partition coefficient (Wildman–Crippen LogP) is 5.88. The van der Waals surface area contributed by atoms with Crippen LogP contribution in [-0.4, -0.2) is 87.6 Å². The summed E-state index contributed by atoms with van der Waals surface area (Å²) in [5.74, 6) is 0. The van der Waals surface area contributed by atoms with E-state index in [0.717, 1.165) is 0 Å². The molecule has 0 unspecified atom stereocenters. The molecule has 0 aromatic heterocycles. The van der Waals surface area contributed by atoms with E-state index in [1.807, 2.05) is 41.5 Å². The van der Waals surface area contributed by atoms with Crippen LogP contribution in [0, 0.1) is 6.92 Å². The van der Waals surface area contributed by atoms with Crippen LogP contribution in [-0.2, 0) is 26.2 Å². The third-order valence-corrected chi connectivity index (χ3v) is 4.86. The molecule has 198 valence electrons. The number of aryl methyl sites for hydroxylation is 1. The van der Waals surface area contributed by atoms with Gasteiger partial charge in [0.2, 0.25) is 0 Å². The van der Waals surface area contributed by atoms with Gasteiger partial charge in [0.25, 0.3) is 0 Å². The van der Waals surface area contributed by atoms with Crippen molar-refractivity contribution in [3.8, 4) is 0 Å². The minimum Gasteiger partial charge on any atom is -0.465 e. The molecule has 0 atom stereocenters. The molecule has 0 aliphatic carbocycles. The van der Waals surface area contributed by atoms with Crippen molar-refractivity contribution in [2.45, 2.75) is 48.5 Å². The summed E-state index contributed by atoms with van der Waals surface area (Å²) in [5.41, 5.74) is 1.35. The molecule has 35 heavy (non-hydrogen) atoms. The average Bonchev–Trinajstić information content (AvgIpc) is 3.17. The van der Waals surface area contributed by atoms with Gasteiger partial charge in [-0.25, -0.2) is 14.4 Å². The van der Waals surface area contributed by atoms with Crippen molar-refractivity contribution in [1.29, 1.82) is 0 Å². The van der Waals surface area contributed by atoms with Crippen LogP contribution in [0.4, 0.5) is 14.4 Å². The van der Waals surface area contributed by atoms with E-state index in [0.29, 0.717) is 39.3 Å². The second-order valence-electron chi connectivity index (χ2n) is 7.03. The maximum atomic E-state index is 10.1. The first-order valence-corrected chi connectivity index (χ1v) is 11.6. The number of carboxylic acid groups (broad SMARTS) is 3. The Hall–Kier alpha value is -2.48. The summed E-state index contributed by atoms with van der Waals surface area (Å²) in [5, 5.41) is 27.6. The molecule has 0 bridgehead atoms. The molecule has 0 aliphatic rings. The number of fused-ring (bicyclic) bond motifs is 1. The van der Waals surface area contributed by atoms with Crippen LogP contribution in [0.5, 0.6) is 0 Å². The Balaban J connectivity index is -0.000000390. The third-order valence-electron chi connectivity index (χ3n) is 4.86. The van der Waals surface area contributed by atoms with Crippen molar-refractivity contribution < 1.29 is 55.9 Å². The standard InChI is InChI=1S/C10H9.3C5H11NO2.Zr/c1-8-6-9-4-2-3-5-10(9)7-8;3*1-3-6(4-2)5(7)8;/h2-7H,1H3;3*3-4H2,1-2H3,(H,7,8);/q-1;;;;. The molecule has 2 aromatic rings. The normalized spacial score (nSPS) is 9.00. The molecule has 3 N–H and O–H groups in total. The van der Waals surface area contributed by atoms with Gasteiger partial charge in [0, 0.05) is 65.5 Å². The van der Waals surface area contributed by atoms with Crippen LogP contribution >= 0.6 is 0 Å². The minimum atomic E-state index is -0.838. The molecule has 0 aliphatic heterocycles. The van der Waals surface area contributed by atoms with E-state index in [1.54, 1.807) is 0 Å². The van der Waals surface area contributed by atoms with Crippen molar-refractivity contribution in [2.75, 3.05) is 39.3 Å². The molecule has 10 heteroatoms. The quantitative estimate of drug-likeness (QED) is 0.372. The Morgan fingerprint density at radius 3 is 1.23 bits per heavy atom. The fourth-order valence-electron chi connectivity index (χ4n) is 2.79. The number of carbonyl (C=O) groups is 3. The third kappa shape index (κ3) is 16.7. The van der Waals surface area contributed by atoms with E-state index in [4.69, 9.17) is 15.3 Å². The summed E-state index contributed by atoms with van der Waals surface area (Å²) in [6.45, 7) is 16.5. The molecule has 0 fully saturated rings. The SMILES string of the molecule is CCN(CC)C(=O)O.CCN(CC)C(=O)O.CCN(CC)C(=O)O.Cc1cc2ccccc2[cH-]1.[Zr].